The lowest BCUT2D eigenvalue weighted by Crippen LogP contribution is -2.40. The van der Waals surface area contributed by atoms with E-state index in [1.807, 2.05) is 18.2 Å². The summed E-state index contributed by atoms with van der Waals surface area (Å²) in [6.07, 6.45) is 5.42. The molecule has 0 saturated heterocycles. The van der Waals surface area contributed by atoms with E-state index >= 15 is 0 Å². The number of thioether (sulfide) groups is 1. The third kappa shape index (κ3) is 4.46. The van der Waals surface area contributed by atoms with E-state index in [-0.39, 0.29) is 11.9 Å². The Balaban J connectivity index is 1.25. The fraction of sp³-hybridized carbons (Fsp3) is 0.550. The van der Waals surface area contributed by atoms with Crippen molar-refractivity contribution in [3.63, 3.8) is 0 Å². The van der Waals surface area contributed by atoms with Gasteiger partial charge in [0.1, 0.15) is 0 Å². The summed E-state index contributed by atoms with van der Waals surface area (Å²) in [4.78, 5) is 12.3. The summed E-state index contributed by atoms with van der Waals surface area (Å²) in [5.74, 6) is 2.90. The Kier molecular flexibility index (Phi) is 5.68. The molecule has 27 heavy (non-hydrogen) atoms. The maximum atomic E-state index is 12.3. The van der Waals surface area contributed by atoms with Gasteiger partial charge in [-0.3, -0.25) is 4.79 Å². The van der Waals surface area contributed by atoms with E-state index in [1.165, 1.54) is 48.8 Å². The molecule has 2 bridgehead atoms. The van der Waals surface area contributed by atoms with Crippen LogP contribution in [0.4, 0.5) is 10.8 Å². The molecule has 1 aromatic heterocycles. The Labute approximate surface area is 168 Å². The predicted molar refractivity (Wildman–Crippen MR) is 112 cm³/mol. The Morgan fingerprint density at radius 3 is 2.89 bits per heavy atom. The minimum Gasteiger partial charge on any atom is -0.353 e. The lowest BCUT2D eigenvalue weighted by atomic mass is 9.84. The molecule has 1 heterocycles. The summed E-state index contributed by atoms with van der Waals surface area (Å²) in [6.45, 7) is 4.23. The molecule has 144 valence electrons. The molecule has 2 aliphatic rings. The molecule has 0 unspecified atom stereocenters. The summed E-state index contributed by atoms with van der Waals surface area (Å²) in [5, 5.41) is 15.6. The molecule has 7 heteroatoms. The van der Waals surface area contributed by atoms with E-state index in [0.717, 1.165) is 32.6 Å². The molecule has 0 spiro atoms. The molecule has 1 aromatic carbocycles. The Morgan fingerprint density at radius 2 is 2.15 bits per heavy atom. The third-order valence-corrected chi connectivity index (χ3v) is 7.92. The first-order valence-electron chi connectivity index (χ1n) is 9.67. The van der Waals surface area contributed by atoms with Gasteiger partial charge in [-0.15, -0.1) is 10.2 Å². The molecule has 4 rings (SSSR count). The van der Waals surface area contributed by atoms with Crippen molar-refractivity contribution in [1.29, 1.82) is 0 Å². The zero-order valence-corrected chi connectivity index (χ0v) is 17.4. The van der Waals surface area contributed by atoms with Crippen LogP contribution in [0.3, 0.4) is 0 Å². The molecule has 2 N–H and O–H groups in total. The first-order chi connectivity index (χ1) is 13.1. The van der Waals surface area contributed by atoms with Gasteiger partial charge < -0.3 is 10.6 Å². The van der Waals surface area contributed by atoms with Gasteiger partial charge in [0.15, 0.2) is 4.34 Å². The number of amides is 1. The quantitative estimate of drug-likeness (QED) is 0.661. The van der Waals surface area contributed by atoms with Crippen LogP contribution in [0.2, 0.25) is 0 Å². The number of hydrogen-bond donors (Lipinski definition) is 2. The van der Waals surface area contributed by atoms with Crippen molar-refractivity contribution in [3.05, 3.63) is 29.8 Å². The highest BCUT2D eigenvalue weighted by Gasteiger charge is 2.42. The Hall–Kier alpha value is -1.60. The minimum atomic E-state index is 0.0962. The molecule has 5 nitrogen and oxygen atoms in total. The van der Waals surface area contributed by atoms with Crippen LogP contribution in [0.25, 0.3) is 0 Å². The predicted octanol–water partition coefficient (Wildman–Crippen LogP) is 4.62. The van der Waals surface area contributed by atoms with Crippen molar-refractivity contribution in [3.8, 4) is 0 Å². The Bertz CT molecular complexity index is 809. The number of aromatic nitrogens is 2. The van der Waals surface area contributed by atoms with Crippen molar-refractivity contribution in [2.45, 2.75) is 49.9 Å². The van der Waals surface area contributed by atoms with E-state index < -0.39 is 0 Å². The van der Waals surface area contributed by atoms with Gasteiger partial charge in [0.05, 0.1) is 5.75 Å². The number of nitrogens with one attached hydrogen (secondary N) is 2. The standard InChI is InChI=1S/C20H26N4OS2/c1-12-5-3-4-6-17(12)22-19-23-24-20(27-19)26-11-18(25)21-13(2)16-10-14-7-8-15(16)9-14/h3-6,13-16H,7-11H2,1-2H3,(H,21,25)(H,22,23)/t13-,14+,15+,16+/m1/s1. The Morgan fingerprint density at radius 1 is 1.30 bits per heavy atom. The molecule has 4 atom stereocenters. The zero-order chi connectivity index (χ0) is 18.8. The average molecular weight is 403 g/mol. The van der Waals surface area contributed by atoms with Crippen molar-refractivity contribution >= 4 is 39.8 Å². The van der Waals surface area contributed by atoms with Crippen LogP contribution in [-0.4, -0.2) is 27.9 Å². The topological polar surface area (TPSA) is 66.9 Å². The summed E-state index contributed by atoms with van der Waals surface area (Å²) in [6, 6.07) is 8.36. The number of carbonyl (C=O) groups excluding carboxylic acids is 1. The van der Waals surface area contributed by atoms with Gasteiger partial charge in [-0.25, -0.2) is 0 Å². The van der Waals surface area contributed by atoms with Crippen molar-refractivity contribution in [2.75, 3.05) is 11.1 Å². The summed E-state index contributed by atoms with van der Waals surface area (Å²) in [7, 11) is 0. The number of aryl methyl sites for hydroxylation is 1. The molecule has 0 aliphatic heterocycles. The van der Waals surface area contributed by atoms with Gasteiger partial charge >= 0.3 is 0 Å². The molecule has 2 aliphatic carbocycles. The highest BCUT2D eigenvalue weighted by atomic mass is 32.2. The number of carbonyl (C=O) groups is 1. The lowest BCUT2D eigenvalue weighted by molar-refractivity contribution is -0.119. The van der Waals surface area contributed by atoms with Gasteiger partial charge in [0, 0.05) is 11.7 Å². The van der Waals surface area contributed by atoms with Crippen LogP contribution in [0.15, 0.2) is 28.6 Å². The highest BCUT2D eigenvalue weighted by Crippen LogP contribution is 2.49. The van der Waals surface area contributed by atoms with Gasteiger partial charge in [0.2, 0.25) is 11.0 Å². The lowest BCUT2D eigenvalue weighted by Gasteiger charge is -2.28. The second kappa shape index (κ2) is 8.19. The number of rotatable bonds is 7. The first kappa shape index (κ1) is 18.7. The number of nitrogens with zero attached hydrogens (tertiary/aromatic N) is 2. The average Bonchev–Trinajstić information content (AvgIpc) is 3.39. The van der Waals surface area contributed by atoms with Crippen LogP contribution in [0.1, 0.15) is 38.2 Å². The third-order valence-electron chi connectivity index (χ3n) is 5.94. The van der Waals surface area contributed by atoms with Crippen LogP contribution in [-0.2, 0) is 4.79 Å². The highest BCUT2D eigenvalue weighted by molar-refractivity contribution is 8.01. The van der Waals surface area contributed by atoms with Gasteiger partial charge in [-0.05, 0) is 62.5 Å². The summed E-state index contributed by atoms with van der Waals surface area (Å²) < 4.78 is 0.814. The van der Waals surface area contributed by atoms with Crippen molar-refractivity contribution in [2.24, 2.45) is 17.8 Å². The second-order valence-corrected chi connectivity index (χ2v) is 10.00. The van der Waals surface area contributed by atoms with E-state index in [2.05, 4.69) is 40.7 Å². The number of hydrogen-bond acceptors (Lipinski definition) is 6. The second-order valence-electron chi connectivity index (χ2n) is 7.80. The number of para-hydroxylation sites is 1. The number of fused-ring (bicyclic) bond motifs is 2. The molecule has 2 fully saturated rings. The fourth-order valence-electron chi connectivity index (χ4n) is 4.58. The van der Waals surface area contributed by atoms with Gasteiger partial charge in [-0.2, -0.15) is 0 Å². The minimum absolute atomic E-state index is 0.0962. The summed E-state index contributed by atoms with van der Waals surface area (Å²) >= 11 is 2.94. The SMILES string of the molecule is Cc1ccccc1Nc1nnc(SCC(=O)N[C@H](C)[C@@H]2C[C@H]3CC[C@H]2C3)s1. The molecular weight excluding hydrogens is 376 g/mol. The van der Waals surface area contributed by atoms with Gasteiger partial charge in [0.25, 0.3) is 0 Å². The monoisotopic (exact) mass is 402 g/mol. The maximum absolute atomic E-state index is 12.3. The van der Waals surface area contributed by atoms with Crippen molar-refractivity contribution in [1.82, 2.24) is 15.5 Å². The maximum Gasteiger partial charge on any atom is 0.230 e. The number of anilines is 2. The van der Waals surface area contributed by atoms with Crippen LogP contribution in [0.5, 0.6) is 0 Å². The zero-order valence-electron chi connectivity index (χ0n) is 15.8. The molecule has 0 radical (unpaired) electrons. The fourth-order valence-corrected chi connectivity index (χ4v) is 6.16. The number of benzene rings is 1. The van der Waals surface area contributed by atoms with E-state index in [1.54, 1.807) is 0 Å². The molecular formula is C20H26N4OS2. The smallest absolute Gasteiger partial charge is 0.230 e. The van der Waals surface area contributed by atoms with Crippen molar-refractivity contribution < 1.29 is 4.79 Å². The first-order valence-corrected chi connectivity index (χ1v) is 11.5. The van der Waals surface area contributed by atoms with E-state index in [0.29, 0.717) is 11.7 Å². The molecule has 1 amide bonds. The normalized spacial score (nSPS) is 24.7. The van der Waals surface area contributed by atoms with E-state index in [9.17, 15) is 4.79 Å². The molecule has 2 saturated carbocycles. The van der Waals surface area contributed by atoms with Gasteiger partial charge in [-0.1, -0.05) is 47.7 Å². The van der Waals surface area contributed by atoms with Crippen LogP contribution < -0.4 is 10.6 Å². The molecule has 2 aromatic rings. The van der Waals surface area contributed by atoms with Crippen LogP contribution in [0, 0.1) is 24.7 Å². The van der Waals surface area contributed by atoms with Crippen LogP contribution >= 0.6 is 23.1 Å². The summed E-state index contributed by atoms with van der Waals surface area (Å²) in [5.41, 5.74) is 2.19. The van der Waals surface area contributed by atoms with E-state index in [4.69, 9.17) is 0 Å². The largest absolute Gasteiger partial charge is 0.353 e.